The molecule has 4 unspecified atom stereocenters. The number of nitrogens with zero attached hydrogens (tertiary/aromatic N) is 1. The summed E-state index contributed by atoms with van der Waals surface area (Å²) in [7, 11) is 0. The van der Waals surface area contributed by atoms with E-state index in [2.05, 4.69) is 5.32 Å². The number of primary amides is 1. The van der Waals surface area contributed by atoms with Crippen molar-refractivity contribution in [1.29, 1.82) is 0 Å². The molecule has 19 heavy (non-hydrogen) atoms. The Balaban J connectivity index is 2.69. The summed E-state index contributed by atoms with van der Waals surface area (Å²) < 4.78 is 0. The number of nitrogens with one attached hydrogen (secondary N) is 1. The van der Waals surface area contributed by atoms with E-state index in [-0.39, 0.29) is 17.7 Å². The zero-order chi connectivity index (χ0) is 14.6. The number of amides is 3. The summed E-state index contributed by atoms with van der Waals surface area (Å²) in [6, 6.07) is -1.25. The molecular weight excluding hydrogens is 246 g/mol. The van der Waals surface area contributed by atoms with Gasteiger partial charge in [0.1, 0.15) is 6.04 Å². The average Bonchev–Trinajstić information content (AvgIpc) is 2.83. The molecule has 1 fully saturated rings. The molecule has 0 aromatic carbocycles. The molecule has 6 nitrogen and oxygen atoms in total. The number of rotatable bonds is 5. The van der Waals surface area contributed by atoms with Crippen molar-refractivity contribution < 1.29 is 14.7 Å². The normalized spacial score (nSPS) is 23.8. The molecule has 0 bridgehead atoms. The van der Waals surface area contributed by atoms with Gasteiger partial charge in [0.2, 0.25) is 5.91 Å². The SMILES string of the molecule is CCC(C)C(NC(N)=O)C(=O)N1CCC(C(C)O)C1. The van der Waals surface area contributed by atoms with E-state index >= 15 is 0 Å². The molecule has 1 rings (SSSR count). The summed E-state index contributed by atoms with van der Waals surface area (Å²) in [5.74, 6) is 0.0528. The molecule has 4 N–H and O–H groups in total. The summed E-state index contributed by atoms with van der Waals surface area (Å²) in [5, 5.41) is 12.1. The van der Waals surface area contributed by atoms with Crippen LogP contribution in [0.5, 0.6) is 0 Å². The molecular formula is C13H25N3O3. The number of hydrogen-bond acceptors (Lipinski definition) is 3. The fraction of sp³-hybridized carbons (Fsp3) is 0.846. The minimum Gasteiger partial charge on any atom is -0.393 e. The van der Waals surface area contributed by atoms with Crippen LogP contribution >= 0.6 is 0 Å². The Kier molecular flexibility index (Phi) is 5.60. The zero-order valence-electron chi connectivity index (χ0n) is 11.9. The molecule has 0 aromatic rings. The highest BCUT2D eigenvalue weighted by atomic mass is 16.3. The lowest BCUT2D eigenvalue weighted by Crippen LogP contribution is -2.52. The fourth-order valence-corrected chi connectivity index (χ4v) is 2.41. The molecule has 110 valence electrons. The minimum absolute atomic E-state index is 0.0330. The average molecular weight is 271 g/mol. The van der Waals surface area contributed by atoms with Gasteiger partial charge in [0, 0.05) is 19.0 Å². The topological polar surface area (TPSA) is 95.7 Å². The molecule has 1 aliphatic heterocycles. The van der Waals surface area contributed by atoms with Gasteiger partial charge < -0.3 is 21.1 Å². The van der Waals surface area contributed by atoms with Gasteiger partial charge in [0.05, 0.1) is 6.10 Å². The number of nitrogens with two attached hydrogens (primary N) is 1. The van der Waals surface area contributed by atoms with E-state index in [4.69, 9.17) is 5.73 Å². The second-order valence-corrected chi connectivity index (χ2v) is 5.45. The van der Waals surface area contributed by atoms with Crippen LogP contribution in [0, 0.1) is 11.8 Å². The van der Waals surface area contributed by atoms with Gasteiger partial charge in [-0.25, -0.2) is 4.79 Å². The first-order chi connectivity index (χ1) is 8.86. The third-order valence-corrected chi connectivity index (χ3v) is 4.00. The van der Waals surface area contributed by atoms with Gasteiger partial charge in [-0.3, -0.25) is 4.79 Å². The summed E-state index contributed by atoms with van der Waals surface area (Å²) in [5.41, 5.74) is 5.14. The predicted molar refractivity (Wildman–Crippen MR) is 72.3 cm³/mol. The summed E-state index contributed by atoms with van der Waals surface area (Å²) in [4.78, 5) is 25.2. The van der Waals surface area contributed by atoms with Gasteiger partial charge in [0.25, 0.3) is 0 Å². The standard InChI is InChI=1S/C13H25N3O3/c1-4-8(2)11(15-13(14)19)12(18)16-6-5-10(7-16)9(3)17/h8-11,17H,4-7H2,1-3H3,(H3,14,15,19). The number of aliphatic hydroxyl groups is 1. The predicted octanol–water partition coefficient (Wildman–Crippen LogP) is 0.299. The van der Waals surface area contributed by atoms with Crippen LogP contribution in [0.25, 0.3) is 0 Å². The number of aliphatic hydroxyl groups excluding tert-OH is 1. The number of likely N-dealkylation sites (tertiary alicyclic amines) is 1. The number of carbonyl (C=O) groups is 2. The molecule has 1 heterocycles. The van der Waals surface area contributed by atoms with Crippen LogP contribution in [0.4, 0.5) is 4.79 Å². The molecule has 1 aliphatic rings. The molecule has 3 amide bonds. The summed E-state index contributed by atoms with van der Waals surface area (Å²) >= 11 is 0. The Hall–Kier alpha value is -1.30. The first kappa shape index (κ1) is 15.8. The maximum absolute atomic E-state index is 12.4. The van der Waals surface area contributed by atoms with Crippen molar-refractivity contribution in [2.75, 3.05) is 13.1 Å². The first-order valence-electron chi connectivity index (χ1n) is 6.89. The van der Waals surface area contributed by atoms with Crippen molar-refractivity contribution in [3.05, 3.63) is 0 Å². The van der Waals surface area contributed by atoms with Crippen LogP contribution in [0.15, 0.2) is 0 Å². The van der Waals surface area contributed by atoms with Gasteiger partial charge in [-0.05, 0) is 19.3 Å². The molecule has 0 saturated carbocycles. The Morgan fingerprint density at radius 2 is 2.11 bits per heavy atom. The van der Waals surface area contributed by atoms with E-state index in [0.29, 0.717) is 13.1 Å². The van der Waals surface area contributed by atoms with Gasteiger partial charge in [-0.15, -0.1) is 0 Å². The number of hydrogen-bond donors (Lipinski definition) is 3. The van der Waals surface area contributed by atoms with E-state index in [1.165, 1.54) is 0 Å². The zero-order valence-corrected chi connectivity index (χ0v) is 11.9. The minimum atomic E-state index is -0.676. The van der Waals surface area contributed by atoms with Crippen molar-refractivity contribution in [3.63, 3.8) is 0 Å². The van der Waals surface area contributed by atoms with Crippen molar-refractivity contribution in [2.24, 2.45) is 17.6 Å². The molecule has 0 aliphatic carbocycles. The lowest BCUT2D eigenvalue weighted by atomic mass is 9.98. The maximum atomic E-state index is 12.4. The monoisotopic (exact) mass is 271 g/mol. The van der Waals surface area contributed by atoms with Crippen LogP contribution in [0.1, 0.15) is 33.6 Å². The lowest BCUT2D eigenvalue weighted by Gasteiger charge is -2.27. The maximum Gasteiger partial charge on any atom is 0.312 e. The molecule has 1 saturated heterocycles. The molecule has 6 heteroatoms. The van der Waals surface area contributed by atoms with Crippen LogP contribution in [0.2, 0.25) is 0 Å². The lowest BCUT2D eigenvalue weighted by molar-refractivity contribution is -0.133. The van der Waals surface area contributed by atoms with E-state index in [1.54, 1.807) is 11.8 Å². The Morgan fingerprint density at radius 1 is 1.47 bits per heavy atom. The van der Waals surface area contributed by atoms with E-state index in [9.17, 15) is 14.7 Å². The third-order valence-electron chi connectivity index (χ3n) is 4.00. The Labute approximate surface area is 114 Å². The molecule has 0 aromatic heterocycles. The highest BCUT2D eigenvalue weighted by Crippen LogP contribution is 2.22. The first-order valence-corrected chi connectivity index (χ1v) is 6.89. The number of carbonyl (C=O) groups excluding carboxylic acids is 2. The molecule has 0 spiro atoms. The van der Waals surface area contributed by atoms with Gasteiger partial charge in [-0.2, -0.15) is 0 Å². The third kappa shape index (κ3) is 4.09. The van der Waals surface area contributed by atoms with Crippen molar-refractivity contribution in [3.8, 4) is 0 Å². The fourth-order valence-electron chi connectivity index (χ4n) is 2.41. The van der Waals surface area contributed by atoms with E-state index in [0.717, 1.165) is 12.8 Å². The van der Waals surface area contributed by atoms with Crippen LogP contribution < -0.4 is 11.1 Å². The van der Waals surface area contributed by atoms with Gasteiger partial charge in [-0.1, -0.05) is 20.3 Å². The highest BCUT2D eigenvalue weighted by Gasteiger charge is 2.34. The van der Waals surface area contributed by atoms with Crippen LogP contribution in [-0.4, -0.2) is 47.2 Å². The summed E-state index contributed by atoms with van der Waals surface area (Å²) in [6.07, 6.45) is 1.17. The highest BCUT2D eigenvalue weighted by molar-refractivity contribution is 5.87. The van der Waals surface area contributed by atoms with Crippen LogP contribution in [-0.2, 0) is 4.79 Å². The second kappa shape index (κ2) is 6.75. The van der Waals surface area contributed by atoms with Crippen molar-refractivity contribution >= 4 is 11.9 Å². The summed E-state index contributed by atoms with van der Waals surface area (Å²) in [6.45, 7) is 6.80. The van der Waals surface area contributed by atoms with E-state index < -0.39 is 18.2 Å². The van der Waals surface area contributed by atoms with Crippen molar-refractivity contribution in [2.45, 2.75) is 45.8 Å². The quantitative estimate of drug-likeness (QED) is 0.671. The van der Waals surface area contributed by atoms with Gasteiger partial charge >= 0.3 is 6.03 Å². The second-order valence-electron chi connectivity index (χ2n) is 5.45. The van der Waals surface area contributed by atoms with Crippen molar-refractivity contribution in [1.82, 2.24) is 10.2 Å². The van der Waals surface area contributed by atoms with E-state index in [1.807, 2.05) is 13.8 Å². The smallest absolute Gasteiger partial charge is 0.312 e. The molecule has 4 atom stereocenters. The largest absolute Gasteiger partial charge is 0.393 e. The Bertz CT molecular complexity index is 333. The molecule has 0 radical (unpaired) electrons. The van der Waals surface area contributed by atoms with Gasteiger partial charge in [0.15, 0.2) is 0 Å². The number of urea groups is 1. The Morgan fingerprint density at radius 3 is 2.53 bits per heavy atom. The van der Waals surface area contributed by atoms with Crippen LogP contribution in [0.3, 0.4) is 0 Å².